The highest BCUT2D eigenvalue weighted by Crippen LogP contribution is 2.12. The van der Waals surface area contributed by atoms with Crippen molar-refractivity contribution in [3.63, 3.8) is 0 Å². The number of carbonyl (C=O) groups excluding carboxylic acids is 2. The topological polar surface area (TPSA) is 91.7 Å². The van der Waals surface area contributed by atoms with Gasteiger partial charge in [0.05, 0.1) is 32.1 Å². The molecule has 0 fully saturated rings. The summed E-state index contributed by atoms with van der Waals surface area (Å²) in [6.07, 6.45) is 3.40. The Labute approximate surface area is 154 Å². The standard InChI is InChI=1S/C18H29N3O5/c1-5-8-10-24-11-9-21-16(12-14(4)20-21)19-13-15(17(22)25-6-2)18(23)26-7-3/h12-13,19H,5-11H2,1-4H3. The highest BCUT2D eigenvalue weighted by atomic mass is 16.6. The molecular formula is C18H29N3O5. The van der Waals surface area contributed by atoms with Gasteiger partial charge in [-0.05, 0) is 27.2 Å². The van der Waals surface area contributed by atoms with Crippen LogP contribution in [0.2, 0.25) is 0 Å². The van der Waals surface area contributed by atoms with Crippen LogP contribution >= 0.6 is 0 Å². The number of carbonyl (C=O) groups is 2. The Balaban J connectivity index is 2.81. The molecule has 0 aliphatic carbocycles. The molecular weight excluding hydrogens is 338 g/mol. The van der Waals surface area contributed by atoms with Crippen molar-refractivity contribution in [3.05, 3.63) is 23.5 Å². The van der Waals surface area contributed by atoms with Gasteiger partial charge >= 0.3 is 11.9 Å². The number of esters is 2. The Morgan fingerprint density at radius 2 is 1.81 bits per heavy atom. The molecule has 0 aliphatic rings. The zero-order valence-electron chi connectivity index (χ0n) is 16.0. The SMILES string of the molecule is CCCCOCCn1nc(C)cc1NC=C(C(=O)OCC)C(=O)OCC. The Morgan fingerprint density at radius 3 is 2.38 bits per heavy atom. The number of rotatable bonds is 12. The molecule has 8 heteroatoms. The van der Waals surface area contributed by atoms with Crippen molar-refractivity contribution in [1.29, 1.82) is 0 Å². The maximum atomic E-state index is 12.0. The summed E-state index contributed by atoms with van der Waals surface area (Å²) in [7, 11) is 0. The highest BCUT2D eigenvalue weighted by molar-refractivity contribution is 6.14. The lowest BCUT2D eigenvalue weighted by molar-refractivity contribution is -0.146. The highest BCUT2D eigenvalue weighted by Gasteiger charge is 2.21. The van der Waals surface area contributed by atoms with Crippen molar-refractivity contribution >= 4 is 17.8 Å². The number of hydrogen-bond acceptors (Lipinski definition) is 7. The molecule has 8 nitrogen and oxygen atoms in total. The van der Waals surface area contributed by atoms with Crippen molar-refractivity contribution in [2.24, 2.45) is 0 Å². The second-order valence-corrected chi connectivity index (χ2v) is 5.50. The van der Waals surface area contributed by atoms with Gasteiger partial charge in [-0.25, -0.2) is 14.3 Å². The van der Waals surface area contributed by atoms with Gasteiger partial charge in [-0.2, -0.15) is 5.10 Å². The summed E-state index contributed by atoms with van der Waals surface area (Å²) in [5.41, 5.74) is 0.613. The summed E-state index contributed by atoms with van der Waals surface area (Å²) in [4.78, 5) is 23.9. The van der Waals surface area contributed by atoms with Crippen molar-refractivity contribution in [3.8, 4) is 0 Å². The molecule has 1 N–H and O–H groups in total. The summed E-state index contributed by atoms with van der Waals surface area (Å²) in [5, 5.41) is 7.33. The van der Waals surface area contributed by atoms with E-state index >= 15 is 0 Å². The molecule has 0 saturated heterocycles. The lowest BCUT2D eigenvalue weighted by Crippen LogP contribution is -2.20. The van der Waals surface area contributed by atoms with E-state index in [2.05, 4.69) is 17.3 Å². The predicted octanol–water partition coefficient (Wildman–Crippen LogP) is 2.43. The number of aryl methyl sites for hydroxylation is 1. The summed E-state index contributed by atoms with van der Waals surface area (Å²) >= 11 is 0. The van der Waals surface area contributed by atoms with Crippen LogP contribution in [0.5, 0.6) is 0 Å². The summed E-state index contributed by atoms with van der Waals surface area (Å²) in [5.74, 6) is -0.819. The van der Waals surface area contributed by atoms with Crippen LogP contribution in [0.25, 0.3) is 0 Å². The first-order valence-electron chi connectivity index (χ1n) is 8.96. The lowest BCUT2D eigenvalue weighted by Gasteiger charge is -2.10. The number of unbranched alkanes of at least 4 members (excludes halogenated alkanes) is 1. The third kappa shape index (κ3) is 7.26. The molecule has 0 aromatic carbocycles. The van der Waals surface area contributed by atoms with Crippen molar-refractivity contribution in [1.82, 2.24) is 9.78 Å². The van der Waals surface area contributed by atoms with Crippen LogP contribution in [0, 0.1) is 6.92 Å². The molecule has 26 heavy (non-hydrogen) atoms. The van der Waals surface area contributed by atoms with Gasteiger partial charge in [-0.1, -0.05) is 13.3 Å². The van der Waals surface area contributed by atoms with E-state index in [0.717, 1.165) is 25.1 Å². The second kappa shape index (κ2) is 12.1. The maximum Gasteiger partial charge on any atom is 0.347 e. The van der Waals surface area contributed by atoms with E-state index in [1.54, 1.807) is 18.5 Å². The van der Waals surface area contributed by atoms with E-state index in [4.69, 9.17) is 14.2 Å². The lowest BCUT2D eigenvalue weighted by atomic mass is 10.3. The van der Waals surface area contributed by atoms with Crippen LogP contribution in [0.3, 0.4) is 0 Å². The van der Waals surface area contributed by atoms with Crippen LogP contribution in [0.4, 0.5) is 5.82 Å². The van der Waals surface area contributed by atoms with Gasteiger partial charge in [-0.3, -0.25) is 0 Å². The Bertz CT molecular complexity index is 590. The number of ether oxygens (including phenoxy) is 3. The average molecular weight is 367 g/mol. The van der Waals surface area contributed by atoms with Crippen molar-refractivity contribution in [2.45, 2.75) is 47.1 Å². The summed E-state index contributed by atoms with van der Waals surface area (Å²) in [6.45, 7) is 9.46. The molecule has 0 unspecified atom stereocenters. The van der Waals surface area contributed by atoms with Crippen LogP contribution in [-0.4, -0.2) is 48.1 Å². The molecule has 1 aromatic heterocycles. The van der Waals surface area contributed by atoms with E-state index in [1.807, 2.05) is 13.0 Å². The maximum absolute atomic E-state index is 12.0. The van der Waals surface area contributed by atoms with Crippen LogP contribution in [-0.2, 0) is 30.3 Å². The molecule has 1 heterocycles. The summed E-state index contributed by atoms with van der Waals surface area (Å²) < 4.78 is 17.1. The molecule has 1 rings (SSSR count). The molecule has 0 saturated carbocycles. The molecule has 0 aliphatic heterocycles. The fraction of sp³-hybridized carbons (Fsp3) is 0.611. The molecule has 146 valence electrons. The molecule has 0 amide bonds. The largest absolute Gasteiger partial charge is 0.462 e. The molecule has 0 radical (unpaired) electrons. The van der Waals surface area contributed by atoms with Crippen molar-refractivity contribution in [2.75, 3.05) is 31.7 Å². The normalized spacial score (nSPS) is 10.3. The first-order valence-corrected chi connectivity index (χ1v) is 8.96. The minimum atomic E-state index is -0.732. The third-order valence-electron chi connectivity index (χ3n) is 3.35. The number of nitrogens with one attached hydrogen (secondary N) is 1. The molecule has 0 atom stereocenters. The molecule has 1 aromatic rings. The van der Waals surface area contributed by atoms with Crippen molar-refractivity contribution < 1.29 is 23.8 Å². The Kier molecular flexibility index (Phi) is 10.1. The zero-order chi connectivity index (χ0) is 19.4. The van der Waals surface area contributed by atoms with Gasteiger partial charge in [0.15, 0.2) is 5.57 Å². The fourth-order valence-corrected chi connectivity index (χ4v) is 2.10. The van der Waals surface area contributed by atoms with Gasteiger partial charge < -0.3 is 19.5 Å². The minimum absolute atomic E-state index is 0.168. The van der Waals surface area contributed by atoms with Gasteiger partial charge in [0.25, 0.3) is 0 Å². The zero-order valence-corrected chi connectivity index (χ0v) is 16.0. The predicted molar refractivity (Wildman–Crippen MR) is 97.7 cm³/mol. The quantitative estimate of drug-likeness (QED) is 0.199. The third-order valence-corrected chi connectivity index (χ3v) is 3.35. The number of anilines is 1. The van der Waals surface area contributed by atoms with E-state index < -0.39 is 11.9 Å². The molecule has 0 spiro atoms. The number of aromatic nitrogens is 2. The van der Waals surface area contributed by atoms with Gasteiger partial charge in [-0.15, -0.1) is 0 Å². The average Bonchev–Trinajstić information content (AvgIpc) is 2.95. The van der Waals surface area contributed by atoms with E-state index in [1.165, 1.54) is 6.20 Å². The first-order chi connectivity index (χ1) is 12.5. The van der Waals surface area contributed by atoms with E-state index in [0.29, 0.717) is 19.0 Å². The minimum Gasteiger partial charge on any atom is -0.462 e. The second-order valence-electron chi connectivity index (χ2n) is 5.50. The van der Waals surface area contributed by atoms with E-state index in [-0.39, 0.29) is 18.8 Å². The van der Waals surface area contributed by atoms with Gasteiger partial charge in [0.2, 0.25) is 0 Å². The fourth-order valence-electron chi connectivity index (χ4n) is 2.10. The number of hydrogen-bond donors (Lipinski definition) is 1. The van der Waals surface area contributed by atoms with Gasteiger partial charge in [0.1, 0.15) is 5.82 Å². The monoisotopic (exact) mass is 367 g/mol. The van der Waals surface area contributed by atoms with Gasteiger partial charge in [0, 0.05) is 18.9 Å². The van der Waals surface area contributed by atoms with Crippen LogP contribution in [0.15, 0.2) is 17.8 Å². The molecule has 0 bridgehead atoms. The Hall–Kier alpha value is -2.35. The number of nitrogens with zero attached hydrogens (tertiary/aromatic N) is 2. The summed E-state index contributed by atoms with van der Waals surface area (Å²) in [6, 6.07) is 1.82. The van der Waals surface area contributed by atoms with Crippen LogP contribution in [0.1, 0.15) is 39.3 Å². The van der Waals surface area contributed by atoms with Crippen LogP contribution < -0.4 is 5.32 Å². The van der Waals surface area contributed by atoms with E-state index in [9.17, 15) is 9.59 Å². The smallest absolute Gasteiger partial charge is 0.347 e. The first kappa shape index (κ1) is 21.7. The Morgan fingerprint density at radius 1 is 1.15 bits per heavy atom.